The van der Waals surface area contributed by atoms with Crippen LogP contribution in [0.15, 0.2) is 0 Å². The van der Waals surface area contributed by atoms with Gasteiger partial charge < -0.3 is 19.5 Å². The molecule has 0 bridgehead atoms. The Kier molecular flexibility index (Phi) is 12.8. The van der Waals surface area contributed by atoms with E-state index in [9.17, 15) is 0 Å². The molecule has 4 heteroatoms. The monoisotopic (exact) mass is 233 g/mol. The molecule has 16 heavy (non-hydrogen) atoms. The molecule has 0 amide bonds. The molecular formula is C12H27NO3. The summed E-state index contributed by atoms with van der Waals surface area (Å²) < 4.78 is 15.8. The number of hydrogen-bond acceptors (Lipinski definition) is 4. The average molecular weight is 233 g/mol. The minimum absolute atomic E-state index is 0.405. The Labute approximate surface area is 99.6 Å². The smallest absolute Gasteiger partial charge is 0.0700 e. The normalized spacial score (nSPS) is 12.9. The predicted molar refractivity (Wildman–Crippen MR) is 65.9 cm³/mol. The van der Waals surface area contributed by atoms with Crippen LogP contribution in [-0.2, 0) is 14.2 Å². The molecule has 0 radical (unpaired) electrons. The summed E-state index contributed by atoms with van der Waals surface area (Å²) in [5.74, 6) is 0. The van der Waals surface area contributed by atoms with Crippen LogP contribution in [0.25, 0.3) is 0 Å². The fourth-order valence-corrected chi connectivity index (χ4v) is 1.32. The van der Waals surface area contributed by atoms with Gasteiger partial charge in [-0.1, -0.05) is 6.92 Å². The van der Waals surface area contributed by atoms with E-state index in [1.54, 1.807) is 7.11 Å². The second kappa shape index (κ2) is 12.9. The van der Waals surface area contributed by atoms with Crippen LogP contribution in [0.2, 0.25) is 0 Å². The molecule has 0 saturated heterocycles. The minimum atomic E-state index is 0.405. The Bertz CT molecular complexity index is 125. The summed E-state index contributed by atoms with van der Waals surface area (Å²) in [5.41, 5.74) is 0. The fraction of sp³-hybridized carbons (Fsp3) is 1.00. The minimum Gasteiger partial charge on any atom is -0.382 e. The van der Waals surface area contributed by atoms with Crippen molar-refractivity contribution in [1.82, 2.24) is 5.32 Å². The van der Waals surface area contributed by atoms with Gasteiger partial charge in [-0.3, -0.25) is 0 Å². The second-order valence-corrected chi connectivity index (χ2v) is 3.70. The van der Waals surface area contributed by atoms with Crippen molar-refractivity contribution in [3.05, 3.63) is 0 Å². The molecule has 1 N–H and O–H groups in total. The van der Waals surface area contributed by atoms with Crippen LogP contribution in [0, 0.1) is 0 Å². The van der Waals surface area contributed by atoms with E-state index in [1.165, 1.54) is 0 Å². The molecular weight excluding hydrogens is 206 g/mol. The number of ether oxygens (including phenoxy) is 3. The molecule has 0 aliphatic heterocycles. The van der Waals surface area contributed by atoms with Gasteiger partial charge in [0.25, 0.3) is 0 Å². The van der Waals surface area contributed by atoms with Crippen LogP contribution in [-0.4, -0.2) is 52.7 Å². The first-order valence-electron chi connectivity index (χ1n) is 6.22. The van der Waals surface area contributed by atoms with Gasteiger partial charge in [0, 0.05) is 26.4 Å². The number of nitrogens with one attached hydrogen (secondary N) is 1. The van der Waals surface area contributed by atoms with E-state index in [1.807, 2.05) is 6.92 Å². The van der Waals surface area contributed by atoms with Crippen LogP contribution < -0.4 is 5.32 Å². The van der Waals surface area contributed by atoms with Gasteiger partial charge >= 0.3 is 0 Å². The quantitative estimate of drug-likeness (QED) is 0.518. The zero-order valence-electron chi connectivity index (χ0n) is 11.0. The topological polar surface area (TPSA) is 39.7 Å². The van der Waals surface area contributed by atoms with Gasteiger partial charge in [-0.05, 0) is 26.3 Å². The third-order valence-corrected chi connectivity index (χ3v) is 2.25. The average Bonchev–Trinajstić information content (AvgIpc) is 2.31. The van der Waals surface area contributed by atoms with Gasteiger partial charge in [0.1, 0.15) is 0 Å². The molecule has 0 aromatic heterocycles. The van der Waals surface area contributed by atoms with Crippen molar-refractivity contribution in [2.45, 2.75) is 32.7 Å². The Morgan fingerprint density at radius 3 is 2.50 bits per heavy atom. The lowest BCUT2D eigenvalue weighted by atomic mass is 10.2. The molecule has 0 aromatic carbocycles. The first-order valence-corrected chi connectivity index (χ1v) is 6.22. The summed E-state index contributed by atoms with van der Waals surface area (Å²) in [7, 11) is 1.68. The van der Waals surface area contributed by atoms with Gasteiger partial charge in [0.2, 0.25) is 0 Å². The highest BCUT2D eigenvalue weighted by Gasteiger charge is 2.07. The van der Waals surface area contributed by atoms with E-state index in [0.717, 1.165) is 39.2 Å². The van der Waals surface area contributed by atoms with Crippen molar-refractivity contribution in [1.29, 1.82) is 0 Å². The second-order valence-electron chi connectivity index (χ2n) is 3.70. The molecule has 0 aliphatic carbocycles. The van der Waals surface area contributed by atoms with Crippen LogP contribution in [0.4, 0.5) is 0 Å². The molecule has 1 unspecified atom stereocenters. The summed E-state index contributed by atoms with van der Waals surface area (Å²) >= 11 is 0. The maximum Gasteiger partial charge on any atom is 0.0700 e. The first-order chi connectivity index (χ1) is 7.85. The highest BCUT2D eigenvalue weighted by atomic mass is 16.5. The largest absolute Gasteiger partial charge is 0.382 e. The van der Waals surface area contributed by atoms with Crippen LogP contribution >= 0.6 is 0 Å². The van der Waals surface area contributed by atoms with Crippen molar-refractivity contribution in [3.8, 4) is 0 Å². The maximum absolute atomic E-state index is 5.44. The number of hydrogen-bond donors (Lipinski definition) is 1. The lowest BCUT2D eigenvalue weighted by Crippen LogP contribution is -2.35. The summed E-state index contributed by atoms with van der Waals surface area (Å²) in [6.45, 7) is 8.86. The van der Waals surface area contributed by atoms with Gasteiger partial charge in [-0.15, -0.1) is 0 Å². The van der Waals surface area contributed by atoms with E-state index in [4.69, 9.17) is 14.2 Å². The summed E-state index contributed by atoms with van der Waals surface area (Å²) in [6.07, 6.45) is 2.14. The van der Waals surface area contributed by atoms with E-state index in [0.29, 0.717) is 19.3 Å². The van der Waals surface area contributed by atoms with E-state index in [-0.39, 0.29) is 0 Å². The van der Waals surface area contributed by atoms with Crippen LogP contribution in [0.5, 0.6) is 0 Å². The van der Waals surface area contributed by atoms with Crippen LogP contribution in [0.1, 0.15) is 26.7 Å². The third-order valence-electron chi connectivity index (χ3n) is 2.25. The molecule has 0 rings (SSSR count). The Morgan fingerprint density at radius 1 is 1.06 bits per heavy atom. The lowest BCUT2D eigenvalue weighted by Gasteiger charge is -2.18. The molecule has 0 aromatic rings. The van der Waals surface area contributed by atoms with Crippen molar-refractivity contribution in [2.24, 2.45) is 0 Å². The lowest BCUT2D eigenvalue weighted by molar-refractivity contribution is 0.0559. The Hall–Kier alpha value is -0.160. The standard InChI is InChI=1S/C12H27NO3/c1-4-7-13-12(11-15-5-2)6-8-16-10-9-14-3/h12-13H,4-11H2,1-3H3. The van der Waals surface area contributed by atoms with Crippen LogP contribution in [0.3, 0.4) is 0 Å². The Morgan fingerprint density at radius 2 is 1.88 bits per heavy atom. The van der Waals surface area contributed by atoms with Gasteiger partial charge in [0.15, 0.2) is 0 Å². The summed E-state index contributed by atoms with van der Waals surface area (Å²) in [6, 6.07) is 0.405. The molecule has 0 heterocycles. The van der Waals surface area contributed by atoms with E-state index >= 15 is 0 Å². The first kappa shape index (κ1) is 15.8. The molecule has 0 aliphatic rings. The van der Waals surface area contributed by atoms with Gasteiger partial charge in [0.05, 0.1) is 19.8 Å². The highest BCUT2D eigenvalue weighted by Crippen LogP contribution is 1.95. The van der Waals surface area contributed by atoms with Gasteiger partial charge in [-0.2, -0.15) is 0 Å². The Balaban J connectivity index is 3.48. The van der Waals surface area contributed by atoms with E-state index in [2.05, 4.69) is 12.2 Å². The third kappa shape index (κ3) is 10.4. The summed E-state index contributed by atoms with van der Waals surface area (Å²) in [5, 5.41) is 3.46. The van der Waals surface area contributed by atoms with Gasteiger partial charge in [-0.25, -0.2) is 0 Å². The molecule has 4 nitrogen and oxygen atoms in total. The number of methoxy groups -OCH3 is 1. The molecule has 98 valence electrons. The molecule has 0 spiro atoms. The van der Waals surface area contributed by atoms with Crippen molar-refractivity contribution < 1.29 is 14.2 Å². The highest BCUT2D eigenvalue weighted by molar-refractivity contribution is 4.65. The predicted octanol–water partition coefficient (Wildman–Crippen LogP) is 1.44. The van der Waals surface area contributed by atoms with Crippen molar-refractivity contribution in [2.75, 3.05) is 46.7 Å². The zero-order valence-corrected chi connectivity index (χ0v) is 11.0. The number of rotatable bonds is 12. The zero-order chi connectivity index (χ0) is 12.1. The molecule has 1 atom stereocenters. The maximum atomic E-state index is 5.44. The summed E-state index contributed by atoms with van der Waals surface area (Å²) in [4.78, 5) is 0. The SMILES string of the molecule is CCCNC(CCOCCOC)COCC. The molecule has 0 saturated carbocycles. The molecule has 0 fully saturated rings. The fourth-order valence-electron chi connectivity index (χ4n) is 1.32. The van der Waals surface area contributed by atoms with E-state index < -0.39 is 0 Å². The van der Waals surface area contributed by atoms with Crippen molar-refractivity contribution in [3.63, 3.8) is 0 Å². The van der Waals surface area contributed by atoms with Crippen molar-refractivity contribution >= 4 is 0 Å².